The van der Waals surface area contributed by atoms with Gasteiger partial charge in [-0.2, -0.15) is 0 Å². The second-order valence-corrected chi connectivity index (χ2v) is 5.43. The van der Waals surface area contributed by atoms with Gasteiger partial charge in [0.1, 0.15) is 5.84 Å². The highest BCUT2D eigenvalue weighted by Crippen LogP contribution is 2.26. The highest BCUT2D eigenvalue weighted by molar-refractivity contribution is 5.80. The number of nitrogens with two attached hydrogens (primary N) is 1. The van der Waals surface area contributed by atoms with Crippen LogP contribution in [0.1, 0.15) is 37.3 Å². The van der Waals surface area contributed by atoms with Crippen molar-refractivity contribution >= 4 is 5.84 Å². The molecule has 20 heavy (non-hydrogen) atoms. The summed E-state index contributed by atoms with van der Waals surface area (Å²) < 4.78 is 0. The molecule has 0 aromatic heterocycles. The molecule has 1 fully saturated rings. The topological polar surface area (TPSA) is 90.9 Å². The zero-order chi connectivity index (χ0) is 14.4. The highest BCUT2D eigenvalue weighted by atomic mass is 16.4. The van der Waals surface area contributed by atoms with Crippen LogP contribution in [0.4, 0.5) is 0 Å². The lowest BCUT2D eigenvalue weighted by Gasteiger charge is -2.22. The molecule has 1 aromatic carbocycles. The number of nitrogens with zero attached hydrogens (tertiary/aromatic N) is 1. The molecule has 3 unspecified atom stereocenters. The molecule has 0 bridgehead atoms. The van der Waals surface area contributed by atoms with E-state index in [1.165, 1.54) is 0 Å². The fourth-order valence-electron chi connectivity index (χ4n) is 2.79. The van der Waals surface area contributed by atoms with E-state index < -0.39 is 0 Å². The first-order valence-electron chi connectivity index (χ1n) is 7.13. The van der Waals surface area contributed by atoms with Crippen molar-refractivity contribution in [1.82, 2.24) is 5.32 Å². The molecule has 110 valence electrons. The van der Waals surface area contributed by atoms with Crippen LogP contribution in [0.5, 0.6) is 0 Å². The molecule has 1 saturated carbocycles. The fourth-order valence-corrected chi connectivity index (χ4v) is 2.79. The third kappa shape index (κ3) is 3.95. The monoisotopic (exact) mass is 277 g/mol. The zero-order valence-corrected chi connectivity index (χ0v) is 11.6. The van der Waals surface area contributed by atoms with Crippen molar-refractivity contribution in [1.29, 1.82) is 0 Å². The maximum atomic E-state index is 9.87. The highest BCUT2D eigenvalue weighted by Gasteiger charge is 2.26. The summed E-state index contributed by atoms with van der Waals surface area (Å²) in [5, 5.41) is 25.1. The number of hydrogen-bond acceptors (Lipinski definition) is 4. The van der Waals surface area contributed by atoms with Crippen LogP contribution >= 0.6 is 0 Å². The number of hydrogen-bond donors (Lipinski definition) is 4. The number of amidine groups is 1. The molecule has 0 saturated heterocycles. The Morgan fingerprint density at radius 3 is 2.70 bits per heavy atom. The van der Waals surface area contributed by atoms with Gasteiger partial charge in [0.15, 0.2) is 0 Å². The van der Waals surface area contributed by atoms with Crippen LogP contribution < -0.4 is 11.1 Å². The predicted molar refractivity (Wildman–Crippen MR) is 78.6 cm³/mol. The molecule has 0 radical (unpaired) electrons. The molecule has 0 spiro atoms. The van der Waals surface area contributed by atoms with Crippen molar-refractivity contribution < 1.29 is 10.3 Å². The fraction of sp³-hybridized carbons (Fsp3) is 0.533. The minimum Gasteiger partial charge on any atom is -0.409 e. The number of aliphatic hydroxyl groups is 1. The smallest absolute Gasteiger partial charge is 0.141 e. The van der Waals surface area contributed by atoms with Crippen molar-refractivity contribution in [3.05, 3.63) is 35.9 Å². The van der Waals surface area contributed by atoms with Gasteiger partial charge in [0.25, 0.3) is 0 Å². The van der Waals surface area contributed by atoms with Gasteiger partial charge in [-0.15, -0.1) is 0 Å². The summed E-state index contributed by atoms with van der Waals surface area (Å²) >= 11 is 0. The molecule has 5 N–H and O–H groups in total. The van der Waals surface area contributed by atoms with E-state index >= 15 is 0 Å². The van der Waals surface area contributed by atoms with E-state index in [0.29, 0.717) is 12.3 Å². The van der Waals surface area contributed by atoms with E-state index in [1.54, 1.807) is 0 Å². The van der Waals surface area contributed by atoms with Crippen molar-refractivity contribution in [3.8, 4) is 0 Å². The van der Waals surface area contributed by atoms with Gasteiger partial charge in [-0.05, 0) is 24.3 Å². The molecule has 1 aromatic rings. The average molecular weight is 277 g/mol. The van der Waals surface area contributed by atoms with E-state index in [2.05, 4.69) is 10.5 Å². The van der Waals surface area contributed by atoms with Crippen LogP contribution in [0.2, 0.25) is 0 Å². The van der Waals surface area contributed by atoms with E-state index in [4.69, 9.17) is 10.9 Å². The Labute approximate surface area is 119 Å². The largest absolute Gasteiger partial charge is 0.409 e. The van der Waals surface area contributed by atoms with Gasteiger partial charge in [0, 0.05) is 19.0 Å². The maximum Gasteiger partial charge on any atom is 0.141 e. The molecule has 5 nitrogen and oxygen atoms in total. The summed E-state index contributed by atoms with van der Waals surface area (Å²) in [7, 11) is 0. The van der Waals surface area contributed by atoms with Crippen LogP contribution in [0, 0.1) is 5.92 Å². The summed E-state index contributed by atoms with van der Waals surface area (Å²) in [6, 6.07) is 9.95. The maximum absolute atomic E-state index is 9.87. The first-order chi connectivity index (χ1) is 9.70. The summed E-state index contributed by atoms with van der Waals surface area (Å²) in [4.78, 5) is 0. The summed E-state index contributed by atoms with van der Waals surface area (Å²) in [5.41, 5.74) is 6.74. The number of aliphatic hydroxyl groups excluding tert-OH is 1. The Balaban J connectivity index is 1.99. The molecular weight excluding hydrogens is 254 g/mol. The lowest BCUT2D eigenvalue weighted by atomic mass is 10.0. The van der Waals surface area contributed by atoms with Gasteiger partial charge < -0.3 is 21.4 Å². The molecule has 0 amide bonds. The molecule has 0 aliphatic heterocycles. The van der Waals surface area contributed by atoms with Crippen LogP contribution in [0.15, 0.2) is 35.5 Å². The molecule has 5 heteroatoms. The minimum absolute atomic E-state index is 0.0000926. The Hall–Kier alpha value is -1.59. The van der Waals surface area contributed by atoms with E-state index in [1.807, 2.05) is 30.3 Å². The standard InChI is InChI=1S/C15H23N3O2/c16-15(18-20)9-13(11-5-2-1-3-6-11)17-10-12-7-4-8-14(12)19/h1-3,5-6,12-14,17,19-20H,4,7-10H2,(H2,16,18). The van der Waals surface area contributed by atoms with Gasteiger partial charge in [-0.3, -0.25) is 0 Å². The van der Waals surface area contributed by atoms with Gasteiger partial charge in [0.2, 0.25) is 0 Å². The molecule has 0 heterocycles. The molecule has 2 rings (SSSR count). The zero-order valence-electron chi connectivity index (χ0n) is 11.6. The van der Waals surface area contributed by atoms with Crippen molar-refractivity contribution in [3.63, 3.8) is 0 Å². The van der Waals surface area contributed by atoms with Gasteiger partial charge in [-0.25, -0.2) is 0 Å². The molecule has 3 atom stereocenters. The number of nitrogens with one attached hydrogen (secondary N) is 1. The van der Waals surface area contributed by atoms with Crippen molar-refractivity contribution in [2.45, 2.75) is 37.8 Å². The van der Waals surface area contributed by atoms with Gasteiger partial charge >= 0.3 is 0 Å². The Morgan fingerprint density at radius 2 is 2.10 bits per heavy atom. The van der Waals surface area contributed by atoms with Gasteiger partial charge in [-0.1, -0.05) is 41.9 Å². The van der Waals surface area contributed by atoms with Crippen LogP contribution in [0.25, 0.3) is 0 Å². The SMILES string of the molecule is NC(CC(NCC1CCCC1O)c1ccccc1)=NO. The quantitative estimate of drug-likeness (QED) is 0.275. The minimum atomic E-state index is -0.206. The number of rotatable bonds is 6. The first-order valence-corrected chi connectivity index (χ1v) is 7.13. The summed E-state index contributed by atoms with van der Waals surface area (Å²) in [6.45, 7) is 0.749. The average Bonchev–Trinajstić information content (AvgIpc) is 2.89. The predicted octanol–water partition coefficient (Wildman–Crippen LogP) is 1.61. The second kappa shape index (κ2) is 7.26. The van der Waals surface area contributed by atoms with Crippen LogP contribution in [0.3, 0.4) is 0 Å². The van der Waals surface area contributed by atoms with Crippen LogP contribution in [-0.4, -0.2) is 28.8 Å². The number of benzene rings is 1. The van der Waals surface area contributed by atoms with E-state index in [0.717, 1.165) is 31.4 Å². The summed E-state index contributed by atoms with van der Waals surface area (Å²) in [5.74, 6) is 0.506. The van der Waals surface area contributed by atoms with E-state index in [-0.39, 0.29) is 18.0 Å². The third-order valence-electron chi connectivity index (χ3n) is 3.99. The third-order valence-corrected chi connectivity index (χ3v) is 3.99. The Morgan fingerprint density at radius 1 is 1.35 bits per heavy atom. The van der Waals surface area contributed by atoms with Crippen molar-refractivity contribution in [2.75, 3.05) is 6.54 Å². The lowest BCUT2D eigenvalue weighted by molar-refractivity contribution is 0.130. The summed E-state index contributed by atoms with van der Waals surface area (Å²) in [6.07, 6.45) is 3.28. The first kappa shape index (κ1) is 14.8. The Bertz CT molecular complexity index is 436. The number of oxime groups is 1. The molecule has 1 aliphatic rings. The Kier molecular flexibility index (Phi) is 5.38. The van der Waals surface area contributed by atoms with Crippen molar-refractivity contribution in [2.24, 2.45) is 16.8 Å². The lowest BCUT2D eigenvalue weighted by Crippen LogP contribution is -2.33. The van der Waals surface area contributed by atoms with Crippen LogP contribution in [-0.2, 0) is 0 Å². The molecule has 1 aliphatic carbocycles. The van der Waals surface area contributed by atoms with E-state index in [9.17, 15) is 5.11 Å². The molecular formula is C15H23N3O2. The normalized spacial score (nSPS) is 24.8. The van der Waals surface area contributed by atoms with Gasteiger partial charge in [0.05, 0.1) is 6.10 Å². The second-order valence-electron chi connectivity index (χ2n) is 5.43.